The van der Waals surface area contributed by atoms with Crippen LogP contribution in [0.4, 0.5) is 0 Å². The lowest BCUT2D eigenvalue weighted by Crippen LogP contribution is -2.46. The third kappa shape index (κ3) is 2.67. The molecule has 3 heteroatoms. The molecule has 0 aromatic carbocycles. The summed E-state index contributed by atoms with van der Waals surface area (Å²) in [5.74, 6) is 1.22. The summed E-state index contributed by atoms with van der Waals surface area (Å²) in [6.07, 6.45) is 8.42. The van der Waals surface area contributed by atoms with Gasteiger partial charge in [0.05, 0.1) is 11.7 Å². The SMILES string of the molecule is CCC1CCC(N2C(=O)C(C)(CC)NC2CC)CC1. The molecule has 2 aliphatic rings. The topological polar surface area (TPSA) is 32.3 Å². The quantitative estimate of drug-likeness (QED) is 0.847. The van der Waals surface area contributed by atoms with E-state index in [1.165, 1.54) is 32.1 Å². The number of nitrogens with one attached hydrogen (secondary N) is 1. The van der Waals surface area contributed by atoms with Crippen LogP contribution in [0.3, 0.4) is 0 Å². The Kier molecular flexibility index (Phi) is 4.54. The van der Waals surface area contributed by atoms with Gasteiger partial charge in [-0.25, -0.2) is 0 Å². The highest BCUT2D eigenvalue weighted by molar-refractivity contribution is 5.88. The molecular weight excluding hydrogens is 236 g/mol. The molecule has 1 N–H and O–H groups in total. The standard InChI is InChI=1S/C16H30N2O/c1-5-12-8-10-13(11-9-12)18-14(6-2)17-16(4,7-3)15(18)19/h12-14,17H,5-11H2,1-4H3. The minimum atomic E-state index is -0.331. The maximum atomic E-state index is 12.7. The van der Waals surface area contributed by atoms with Crippen LogP contribution >= 0.6 is 0 Å². The van der Waals surface area contributed by atoms with Gasteiger partial charge in [-0.3, -0.25) is 10.1 Å². The van der Waals surface area contributed by atoms with Gasteiger partial charge < -0.3 is 4.90 Å². The number of amides is 1. The smallest absolute Gasteiger partial charge is 0.244 e. The molecule has 2 unspecified atom stereocenters. The van der Waals surface area contributed by atoms with Crippen molar-refractivity contribution in [3.8, 4) is 0 Å². The van der Waals surface area contributed by atoms with Gasteiger partial charge in [0.1, 0.15) is 0 Å². The van der Waals surface area contributed by atoms with Crippen LogP contribution in [0.5, 0.6) is 0 Å². The molecule has 2 rings (SSSR count). The monoisotopic (exact) mass is 266 g/mol. The van der Waals surface area contributed by atoms with Crippen LogP contribution in [0, 0.1) is 5.92 Å². The number of carbonyl (C=O) groups excluding carboxylic acids is 1. The number of nitrogens with zero attached hydrogens (tertiary/aromatic N) is 1. The molecule has 1 saturated heterocycles. The van der Waals surface area contributed by atoms with E-state index < -0.39 is 0 Å². The van der Waals surface area contributed by atoms with Gasteiger partial charge in [0, 0.05) is 6.04 Å². The van der Waals surface area contributed by atoms with E-state index in [-0.39, 0.29) is 11.7 Å². The van der Waals surface area contributed by atoms with Gasteiger partial charge in [0.2, 0.25) is 5.91 Å². The summed E-state index contributed by atoms with van der Waals surface area (Å²) in [6, 6.07) is 0.473. The molecule has 0 aromatic heterocycles. The first kappa shape index (κ1) is 14.8. The highest BCUT2D eigenvalue weighted by atomic mass is 16.2. The summed E-state index contributed by atoms with van der Waals surface area (Å²) >= 11 is 0. The Balaban J connectivity index is 2.08. The Morgan fingerprint density at radius 3 is 2.26 bits per heavy atom. The second kappa shape index (κ2) is 5.82. The van der Waals surface area contributed by atoms with Crippen molar-refractivity contribution in [3.63, 3.8) is 0 Å². The lowest BCUT2D eigenvalue weighted by atomic mass is 9.83. The first-order valence-electron chi connectivity index (χ1n) is 8.16. The average molecular weight is 266 g/mol. The molecule has 1 aliphatic heterocycles. The molecule has 0 bridgehead atoms. The molecule has 1 heterocycles. The highest BCUT2D eigenvalue weighted by Crippen LogP contribution is 2.35. The molecule has 19 heavy (non-hydrogen) atoms. The molecule has 1 amide bonds. The summed E-state index contributed by atoms with van der Waals surface area (Å²) in [4.78, 5) is 14.9. The Morgan fingerprint density at radius 2 is 1.79 bits per heavy atom. The van der Waals surface area contributed by atoms with Crippen molar-refractivity contribution in [3.05, 3.63) is 0 Å². The van der Waals surface area contributed by atoms with Crippen LogP contribution < -0.4 is 5.32 Å². The predicted molar refractivity (Wildman–Crippen MR) is 78.8 cm³/mol. The lowest BCUT2D eigenvalue weighted by molar-refractivity contribution is -0.136. The molecule has 1 aliphatic carbocycles. The van der Waals surface area contributed by atoms with Crippen LogP contribution in [0.25, 0.3) is 0 Å². The van der Waals surface area contributed by atoms with Crippen molar-refractivity contribution in [2.75, 3.05) is 0 Å². The number of hydrogen-bond donors (Lipinski definition) is 1. The third-order valence-corrected chi connectivity index (χ3v) is 5.41. The second-order valence-electron chi connectivity index (χ2n) is 6.55. The van der Waals surface area contributed by atoms with Gasteiger partial charge in [0.25, 0.3) is 0 Å². The zero-order chi connectivity index (χ0) is 14.0. The average Bonchev–Trinajstić information content (AvgIpc) is 2.71. The van der Waals surface area contributed by atoms with E-state index in [2.05, 4.69) is 37.9 Å². The minimum absolute atomic E-state index is 0.251. The van der Waals surface area contributed by atoms with Crippen molar-refractivity contribution in [2.24, 2.45) is 5.92 Å². The van der Waals surface area contributed by atoms with Crippen LogP contribution in [0.15, 0.2) is 0 Å². The fraction of sp³-hybridized carbons (Fsp3) is 0.938. The van der Waals surface area contributed by atoms with E-state index in [4.69, 9.17) is 0 Å². The Labute approximate surface area is 118 Å². The van der Waals surface area contributed by atoms with Crippen LogP contribution in [-0.4, -0.2) is 28.6 Å². The molecule has 2 fully saturated rings. The van der Waals surface area contributed by atoms with E-state index in [0.717, 1.165) is 18.8 Å². The van der Waals surface area contributed by atoms with Gasteiger partial charge in [-0.1, -0.05) is 27.2 Å². The van der Waals surface area contributed by atoms with Crippen LogP contribution in [-0.2, 0) is 4.79 Å². The Morgan fingerprint density at radius 1 is 1.16 bits per heavy atom. The summed E-state index contributed by atoms with van der Waals surface area (Å²) < 4.78 is 0. The normalized spacial score (nSPS) is 39.9. The molecule has 2 atom stereocenters. The highest BCUT2D eigenvalue weighted by Gasteiger charge is 2.48. The second-order valence-corrected chi connectivity index (χ2v) is 6.55. The van der Waals surface area contributed by atoms with Crippen molar-refractivity contribution in [1.82, 2.24) is 10.2 Å². The van der Waals surface area contributed by atoms with E-state index in [1.54, 1.807) is 0 Å². The van der Waals surface area contributed by atoms with Gasteiger partial charge in [-0.15, -0.1) is 0 Å². The first-order chi connectivity index (χ1) is 9.05. The van der Waals surface area contributed by atoms with Gasteiger partial charge >= 0.3 is 0 Å². The fourth-order valence-electron chi connectivity index (χ4n) is 3.73. The predicted octanol–water partition coefficient (Wildman–Crippen LogP) is 3.29. The zero-order valence-electron chi connectivity index (χ0n) is 13.0. The Hall–Kier alpha value is -0.570. The van der Waals surface area contributed by atoms with Crippen LogP contribution in [0.2, 0.25) is 0 Å². The largest absolute Gasteiger partial charge is 0.323 e. The van der Waals surface area contributed by atoms with Crippen molar-refractivity contribution in [1.29, 1.82) is 0 Å². The van der Waals surface area contributed by atoms with Crippen molar-refractivity contribution >= 4 is 5.91 Å². The molecule has 0 aromatic rings. The van der Waals surface area contributed by atoms with Gasteiger partial charge in [-0.05, 0) is 51.4 Å². The molecule has 3 nitrogen and oxygen atoms in total. The van der Waals surface area contributed by atoms with Gasteiger partial charge in [0.15, 0.2) is 0 Å². The molecule has 1 saturated carbocycles. The molecule has 110 valence electrons. The summed E-state index contributed by atoms with van der Waals surface area (Å²) in [7, 11) is 0. The van der Waals surface area contributed by atoms with E-state index >= 15 is 0 Å². The number of hydrogen-bond acceptors (Lipinski definition) is 2. The summed E-state index contributed by atoms with van der Waals surface area (Å²) in [5.41, 5.74) is -0.331. The van der Waals surface area contributed by atoms with Crippen LogP contribution in [0.1, 0.15) is 72.6 Å². The Bertz CT molecular complexity index is 323. The zero-order valence-corrected chi connectivity index (χ0v) is 13.0. The minimum Gasteiger partial charge on any atom is -0.323 e. The molecule has 0 radical (unpaired) electrons. The third-order valence-electron chi connectivity index (χ3n) is 5.41. The molecular formula is C16H30N2O. The summed E-state index contributed by atoms with van der Waals surface area (Å²) in [6.45, 7) is 8.64. The van der Waals surface area contributed by atoms with Crippen molar-refractivity contribution in [2.45, 2.75) is 90.4 Å². The first-order valence-corrected chi connectivity index (χ1v) is 8.16. The number of rotatable bonds is 4. The van der Waals surface area contributed by atoms with Crippen molar-refractivity contribution < 1.29 is 4.79 Å². The van der Waals surface area contributed by atoms with E-state index in [0.29, 0.717) is 11.9 Å². The maximum absolute atomic E-state index is 12.7. The van der Waals surface area contributed by atoms with Gasteiger partial charge in [-0.2, -0.15) is 0 Å². The lowest BCUT2D eigenvalue weighted by Gasteiger charge is -2.37. The molecule has 0 spiro atoms. The fourth-order valence-corrected chi connectivity index (χ4v) is 3.73. The maximum Gasteiger partial charge on any atom is 0.244 e. The van der Waals surface area contributed by atoms with E-state index in [9.17, 15) is 4.79 Å². The summed E-state index contributed by atoms with van der Waals surface area (Å²) in [5, 5.41) is 3.57. The van der Waals surface area contributed by atoms with E-state index in [1.807, 2.05) is 0 Å². The number of carbonyl (C=O) groups is 1.